The molecule has 0 radical (unpaired) electrons. The predicted molar refractivity (Wildman–Crippen MR) is 127 cm³/mol. The van der Waals surface area contributed by atoms with Crippen molar-refractivity contribution in [2.45, 2.75) is 13.1 Å². The summed E-state index contributed by atoms with van der Waals surface area (Å²) in [7, 11) is 1.59. The summed E-state index contributed by atoms with van der Waals surface area (Å²) in [6.45, 7) is 1.01. The van der Waals surface area contributed by atoms with Gasteiger partial charge >= 0.3 is 0 Å². The Balaban J connectivity index is 1.51. The van der Waals surface area contributed by atoms with Gasteiger partial charge in [-0.2, -0.15) is 0 Å². The molecule has 9 nitrogen and oxygen atoms in total. The molecule has 9 heteroatoms. The normalized spacial score (nSPS) is 11.2. The fourth-order valence-electron chi connectivity index (χ4n) is 3.96. The van der Waals surface area contributed by atoms with Gasteiger partial charge in [-0.25, -0.2) is 4.98 Å². The smallest absolute Gasteiger partial charge is 0.268 e. The fraction of sp³-hybridized carbons (Fsp3) is 0.160. The summed E-state index contributed by atoms with van der Waals surface area (Å²) in [5.74, 6) is -0.316. The third-order valence-corrected chi connectivity index (χ3v) is 5.59. The first-order valence-electron chi connectivity index (χ1n) is 10.8. The van der Waals surface area contributed by atoms with Crippen molar-refractivity contribution in [3.05, 3.63) is 94.9 Å². The molecule has 1 amide bonds. The number of ether oxygens (including phenoxy) is 1. The van der Waals surface area contributed by atoms with E-state index in [4.69, 9.17) is 4.74 Å². The summed E-state index contributed by atoms with van der Waals surface area (Å²) in [4.78, 5) is 39.6. The fourth-order valence-corrected chi connectivity index (χ4v) is 3.96. The molecule has 0 saturated carbocycles. The number of nitrogens with one attached hydrogen (secondary N) is 1. The van der Waals surface area contributed by atoms with Gasteiger partial charge in [-0.1, -0.05) is 12.1 Å². The van der Waals surface area contributed by atoms with Crippen molar-refractivity contribution in [2.75, 3.05) is 13.7 Å². The summed E-state index contributed by atoms with van der Waals surface area (Å²) in [5, 5.41) is 3.34. The van der Waals surface area contributed by atoms with E-state index in [1.54, 1.807) is 54.7 Å². The zero-order valence-electron chi connectivity index (χ0n) is 18.5. The number of hydrogen-bond donors (Lipinski definition) is 1. The van der Waals surface area contributed by atoms with Gasteiger partial charge in [0.2, 0.25) is 0 Å². The van der Waals surface area contributed by atoms with Crippen LogP contribution in [0.3, 0.4) is 0 Å². The minimum atomic E-state index is -0.316. The maximum absolute atomic E-state index is 13.3. The van der Waals surface area contributed by atoms with Gasteiger partial charge in [0.1, 0.15) is 17.0 Å². The van der Waals surface area contributed by atoms with Crippen molar-refractivity contribution in [3.63, 3.8) is 0 Å². The Morgan fingerprint density at radius 1 is 1.12 bits per heavy atom. The van der Waals surface area contributed by atoms with Crippen LogP contribution in [0.4, 0.5) is 0 Å². The molecule has 5 rings (SSSR count). The van der Waals surface area contributed by atoms with E-state index in [2.05, 4.69) is 20.3 Å². The highest BCUT2D eigenvalue weighted by molar-refractivity contribution is 5.98. The quantitative estimate of drug-likeness (QED) is 0.406. The molecule has 5 aromatic heterocycles. The van der Waals surface area contributed by atoms with Crippen LogP contribution in [0.15, 0.2) is 78.1 Å². The zero-order valence-corrected chi connectivity index (χ0v) is 18.5. The number of hydrogen-bond acceptors (Lipinski definition) is 6. The second kappa shape index (κ2) is 9.24. The molecule has 0 saturated heterocycles. The Hall–Kier alpha value is -4.37. The number of nitrogens with zero attached hydrogens (tertiary/aromatic N) is 5. The third kappa shape index (κ3) is 3.93. The Bertz CT molecular complexity index is 1540. The van der Waals surface area contributed by atoms with E-state index in [9.17, 15) is 9.59 Å². The van der Waals surface area contributed by atoms with E-state index >= 15 is 0 Å². The Morgan fingerprint density at radius 2 is 2.00 bits per heavy atom. The molecule has 0 fully saturated rings. The summed E-state index contributed by atoms with van der Waals surface area (Å²) in [6, 6.07) is 14.5. The first-order valence-corrected chi connectivity index (χ1v) is 10.8. The van der Waals surface area contributed by atoms with Crippen LogP contribution >= 0.6 is 0 Å². The molecule has 1 N–H and O–H groups in total. The van der Waals surface area contributed by atoms with Gasteiger partial charge in [-0.05, 0) is 42.0 Å². The molecule has 5 heterocycles. The van der Waals surface area contributed by atoms with Crippen LogP contribution in [0.1, 0.15) is 16.1 Å². The highest BCUT2D eigenvalue weighted by Gasteiger charge is 2.20. The van der Waals surface area contributed by atoms with Crippen molar-refractivity contribution in [1.29, 1.82) is 0 Å². The van der Waals surface area contributed by atoms with Gasteiger partial charge in [0.05, 0.1) is 17.7 Å². The Morgan fingerprint density at radius 3 is 2.82 bits per heavy atom. The van der Waals surface area contributed by atoms with E-state index in [-0.39, 0.29) is 18.0 Å². The number of carbonyl (C=O) groups is 1. The highest BCUT2D eigenvalue weighted by Crippen LogP contribution is 2.21. The molecule has 0 spiro atoms. The monoisotopic (exact) mass is 454 g/mol. The van der Waals surface area contributed by atoms with Crippen LogP contribution in [-0.4, -0.2) is 43.5 Å². The highest BCUT2D eigenvalue weighted by atomic mass is 16.5. The summed E-state index contributed by atoms with van der Waals surface area (Å²) in [5.41, 5.74) is 3.56. The topological polar surface area (TPSA) is 103 Å². The molecule has 170 valence electrons. The van der Waals surface area contributed by atoms with Crippen molar-refractivity contribution in [1.82, 2.24) is 29.2 Å². The second-order valence-electron chi connectivity index (χ2n) is 7.69. The molecule has 0 bridgehead atoms. The molecule has 34 heavy (non-hydrogen) atoms. The maximum Gasteiger partial charge on any atom is 0.268 e. The maximum atomic E-state index is 13.3. The number of methoxy groups -OCH3 is 1. The van der Waals surface area contributed by atoms with Crippen LogP contribution in [0.25, 0.3) is 27.9 Å². The van der Waals surface area contributed by atoms with Crippen molar-refractivity contribution >= 4 is 22.6 Å². The molecular weight excluding hydrogens is 432 g/mol. The third-order valence-electron chi connectivity index (χ3n) is 5.59. The molecule has 0 aliphatic rings. The van der Waals surface area contributed by atoms with E-state index in [1.165, 1.54) is 4.40 Å². The Labute approximate surface area is 194 Å². The number of fused-ring (bicyclic) bond motifs is 2. The first kappa shape index (κ1) is 21.5. The lowest BCUT2D eigenvalue weighted by molar-refractivity contribution is 0.0939. The van der Waals surface area contributed by atoms with Crippen molar-refractivity contribution in [3.8, 4) is 11.3 Å². The number of aromatic nitrogens is 5. The van der Waals surface area contributed by atoms with E-state index in [1.807, 2.05) is 30.3 Å². The standard InChI is InChI=1S/C25H22N6O3/c1-34-13-12-30-20(14-19-23(30)29-21-8-2-3-11-31(21)25(19)33)24(32)28-16-18-7-5-10-27-22(18)17-6-4-9-26-15-17/h2-11,14-15H,12-13,16H2,1H3,(H,28,32). The first-order chi connectivity index (χ1) is 16.7. The lowest BCUT2D eigenvalue weighted by atomic mass is 10.1. The van der Waals surface area contributed by atoms with Gasteiger partial charge in [-0.3, -0.25) is 24.0 Å². The minimum absolute atomic E-state index is 0.225. The number of amides is 1. The molecule has 5 aromatic rings. The van der Waals surface area contributed by atoms with Gasteiger partial charge in [0.25, 0.3) is 11.5 Å². The van der Waals surface area contributed by atoms with Gasteiger partial charge in [-0.15, -0.1) is 0 Å². The van der Waals surface area contributed by atoms with Crippen LogP contribution in [-0.2, 0) is 17.8 Å². The Kier molecular flexibility index (Phi) is 5.84. The molecule has 0 atom stereocenters. The summed E-state index contributed by atoms with van der Waals surface area (Å²) >= 11 is 0. The lowest BCUT2D eigenvalue weighted by Gasteiger charge is -2.12. The lowest BCUT2D eigenvalue weighted by Crippen LogP contribution is -2.26. The molecule has 0 unspecified atom stereocenters. The van der Waals surface area contributed by atoms with Crippen LogP contribution in [0.2, 0.25) is 0 Å². The number of carbonyl (C=O) groups excluding carboxylic acids is 1. The van der Waals surface area contributed by atoms with Gasteiger partial charge in [0, 0.05) is 50.6 Å². The van der Waals surface area contributed by atoms with Crippen LogP contribution in [0, 0.1) is 0 Å². The van der Waals surface area contributed by atoms with E-state index in [0.717, 1.165) is 16.8 Å². The van der Waals surface area contributed by atoms with Crippen molar-refractivity contribution < 1.29 is 9.53 Å². The average molecular weight is 454 g/mol. The van der Waals surface area contributed by atoms with Crippen LogP contribution in [0.5, 0.6) is 0 Å². The zero-order chi connectivity index (χ0) is 23.5. The molecule has 0 aromatic carbocycles. The largest absolute Gasteiger partial charge is 0.383 e. The average Bonchev–Trinajstić information content (AvgIpc) is 3.25. The van der Waals surface area contributed by atoms with Gasteiger partial charge < -0.3 is 14.6 Å². The molecular formula is C25H22N6O3. The summed E-state index contributed by atoms with van der Waals surface area (Å²) < 4.78 is 8.44. The molecule has 0 aliphatic heterocycles. The van der Waals surface area contributed by atoms with Gasteiger partial charge in [0.15, 0.2) is 0 Å². The second-order valence-corrected chi connectivity index (χ2v) is 7.69. The van der Waals surface area contributed by atoms with Crippen LogP contribution < -0.4 is 10.9 Å². The van der Waals surface area contributed by atoms with Crippen molar-refractivity contribution in [2.24, 2.45) is 0 Å². The number of pyridine rings is 3. The summed E-state index contributed by atoms with van der Waals surface area (Å²) in [6.07, 6.45) is 6.81. The predicted octanol–water partition coefficient (Wildman–Crippen LogP) is 2.68. The minimum Gasteiger partial charge on any atom is -0.383 e. The van der Waals surface area contributed by atoms with E-state index < -0.39 is 0 Å². The number of rotatable bonds is 7. The molecule has 0 aliphatic carbocycles. The SMILES string of the molecule is COCCn1c(C(=O)NCc2cccnc2-c2cccnc2)cc2c(=O)n3ccccc3nc21. The van der Waals surface area contributed by atoms with E-state index in [0.29, 0.717) is 35.5 Å².